The van der Waals surface area contributed by atoms with Gasteiger partial charge in [0.2, 0.25) is 0 Å². The molecule has 0 radical (unpaired) electrons. The van der Waals surface area contributed by atoms with Gasteiger partial charge < -0.3 is 20.4 Å². The first-order valence-electron chi connectivity index (χ1n) is 12.8. The van der Waals surface area contributed by atoms with Gasteiger partial charge in [-0.3, -0.25) is 4.79 Å². The summed E-state index contributed by atoms with van der Waals surface area (Å²) in [6, 6.07) is 0. The maximum atomic E-state index is 11.7. The molecule has 4 aliphatic carbocycles. The molecule has 0 saturated heterocycles. The Morgan fingerprint density at radius 1 is 1.03 bits per heavy atom. The summed E-state index contributed by atoms with van der Waals surface area (Å²) in [4.78, 5) is 11.1. The zero-order chi connectivity index (χ0) is 22.7. The highest BCUT2D eigenvalue weighted by atomic mass is 16.4. The molecule has 0 aromatic carbocycles. The molecule has 4 N–H and O–H groups in total. The molecular formula is C26H44O5. The topological polar surface area (TPSA) is 98.0 Å². The fourth-order valence-electron chi connectivity index (χ4n) is 9.44. The quantitative estimate of drug-likeness (QED) is 0.520. The molecular weight excluding hydrogens is 392 g/mol. The van der Waals surface area contributed by atoms with E-state index in [1.807, 2.05) is 0 Å². The molecule has 2 unspecified atom stereocenters. The minimum atomic E-state index is -0.747. The number of aliphatic hydroxyl groups excluding tert-OH is 3. The molecule has 0 amide bonds. The second kappa shape index (κ2) is 8.29. The lowest BCUT2D eigenvalue weighted by atomic mass is 9.41. The fourth-order valence-corrected chi connectivity index (χ4v) is 9.44. The summed E-state index contributed by atoms with van der Waals surface area (Å²) in [5, 5.41) is 42.9. The first-order valence-corrected chi connectivity index (χ1v) is 12.8. The van der Waals surface area contributed by atoms with Gasteiger partial charge in [0.25, 0.3) is 0 Å². The lowest BCUT2D eigenvalue weighted by Crippen LogP contribution is -2.65. The number of hydrogen-bond acceptors (Lipinski definition) is 4. The Morgan fingerprint density at radius 3 is 2.39 bits per heavy atom. The average Bonchev–Trinajstić information content (AvgIpc) is 3.07. The van der Waals surface area contributed by atoms with Gasteiger partial charge in [0, 0.05) is 6.42 Å². The molecule has 178 valence electrons. The molecule has 4 fully saturated rings. The van der Waals surface area contributed by atoms with E-state index in [2.05, 4.69) is 27.7 Å². The van der Waals surface area contributed by atoms with Gasteiger partial charge >= 0.3 is 5.97 Å². The predicted octanol–water partition coefficient (Wildman–Crippen LogP) is 4.08. The summed E-state index contributed by atoms with van der Waals surface area (Å²) in [7, 11) is 0. The fraction of sp³-hybridized carbons (Fsp3) is 0.962. The maximum Gasteiger partial charge on any atom is 0.303 e. The van der Waals surface area contributed by atoms with Crippen LogP contribution in [0.5, 0.6) is 0 Å². The van der Waals surface area contributed by atoms with E-state index in [1.54, 1.807) is 0 Å². The van der Waals surface area contributed by atoms with Crippen LogP contribution in [0.2, 0.25) is 0 Å². The zero-order valence-corrected chi connectivity index (χ0v) is 19.8. The van der Waals surface area contributed by atoms with Crippen LogP contribution in [-0.2, 0) is 4.79 Å². The van der Waals surface area contributed by atoms with E-state index in [4.69, 9.17) is 5.11 Å². The first-order chi connectivity index (χ1) is 14.6. The summed E-state index contributed by atoms with van der Waals surface area (Å²) in [6.07, 6.45) is 6.09. The second-order valence-corrected chi connectivity index (χ2v) is 12.1. The van der Waals surface area contributed by atoms with Gasteiger partial charge in [-0.1, -0.05) is 34.1 Å². The van der Waals surface area contributed by atoms with Gasteiger partial charge in [-0.25, -0.2) is 0 Å². The minimum absolute atomic E-state index is 0.0686. The molecule has 0 spiro atoms. The molecule has 5 nitrogen and oxygen atoms in total. The lowest BCUT2D eigenvalue weighted by Gasteiger charge is -2.65. The first kappa shape index (κ1) is 23.5. The number of carboxylic acid groups (broad SMARTS) is 1. The maximum absolute atomic E-state index is 11.7. The molecule has 31 heavy (non-hydrogen) atoms. The molecule has 12 atom stereocenters. The normalized spacial score (nSPS) is 52.7. The SMILES string of the molecule is CC[C@H]1[C@@H](O)[C@H]2C3CC[C@H]([C@H](C)CCC(=O)O)[C@@]3(C)[C@@H](O)CC2[C@@]2(C)CC[C@@H](O)C[C@@H]12. The minimum Gasteiger partial charge on any atom is -0.481 e. The van der Waals surface area contributed by atoms with Crippen molar-refractivity contribution in [2.24, 2.45) is 52.3 Å². The second-order valence-electron chi connectivity index (χ2n) is 12.1. The van der Waals surface area contributed by atoms with Crippen LogP contribution >= 0.6 is 0 Å². The molecule has 5 heteroatoms. The Balaban J connectivity index is 1.66. The van der Waals surface area contributed by atoms with Crippen LogP contribution in [0, 0.1) is 52.3 Å². The van der Waals surface area contributed by atoms with Crippen molar-refractivity contribution in [3.8, 4) is 0 Å². The van der Waals surface area contributed by atoms with E-state index in [1.165, 1.54) is 0 Å². The molecule has 0 bridgehead atoms. The molecule has 4 rings (SSSR count). The Labute approximate surface area is 187 Å². The van der Waals surface area contributed by atoms with E-state index >= 15 is 0 Å². The van der Waals surface area contributed by atoms with E-state index in [0.29, 0.717) is 24.2 Å². The molecule has 4 saturated carbocycles. The van der Waals surface area contributed by atoms with Crippen molar-refractivity contribution in [2.75, 3.05) is 0 Å². The van der Waals surface area contributed by atoms with Gasteiger partial charge in [0.1, 0.15) is 0 Å². The Bertz CT molecular complexity index is 681. The van der Waals surface area contributed by atoms with E-state index in [0.717, 1.165) is 44.9 Å². The summed E-state index contributed by atoms with van der Waals surface area (Å²) in [5.41, 5.74) is -0.186. The van der Waals surface area contributed by atoms with Gasteiger partial charge in [-0.05, 0) is 97.2 Å². The van der Waals surface area contributed by atoms with E-state index < -0.39 is 12.1 Å². The Kier molecular flexibility index (Phi) is 6.28. The van der Waals surface area contributed by atoms with Crippen LogP contribution in [0.4, 0.5) is 0 Å². The summed E-state index contributed by atoms with van der Waals surface area (Å²) in [6.45, 7) is 8.96. The van der Waals surface area contributed by atoms with Crippen LogP contribution in [0.3, 0.4) is 0 Å². The van der Waals surface area contributed by atoms with Crippen LogP contribution in [-0.4, -0.2) is 44.7 Å². The number of hydrogen-bond donors (Lipinski definition) is 4. The highest BCUT2D eigenvalue weighted by molar-refractivity contribution is 5.66. The van der Waals surface area contributed by atoms with Gasteiger partial charge in [0.05, 0.1) is 18.3 Å². The van der Waals surface area contributed by atoms with Crippen molar-refractivity contribution in [2.45, 2.75) is 104 Å². The van der Waals surface area contributed by atoms with Crippen LogP contribution in [0.25, 0.3) is 0 Å². The van der Waals surface area contributed by atoms with Gasteiger partial charge in [-0.2, -0.15) is 0 Å². The van der Waals surface area contributed by atoms with Crippen molar-refractivity contribution >= 4 is 5.97 Å². The summed E-state index contributed by atoms with van der Waals surface area (Å²) < 4.78 is 0. The van der Waals surface area contributed by atoms with Crippen molar-refractivity contribution in [1.29, 1.82) is 0 Å². The standard InChI is InChI=1S/C26H44O5/c1-5-16-19-12-15(27)10-11-25(19,3)20-13-21(28)26(4)17(14(2)6-9-22(29)30)7-8-18(26)23(20)24(16)31/h14-21,23-24,27-28,31H,5-13H2,1-4H3,(H,29,30)/t14-,15-,16-,17-,18?,19+,20?,21+,23+,24-,25+,26-/m1/s1. The number of rotatable bonds is 5. The van der Waals surface area contributed by atoms with Gasteiger partial charge in [0.15, 0.2) is 0 Å². The molecule has 0 aromatic heterocycles. The van der Waals surface area contributed by atoms with E-state index in [-0.39, 0.29) is 53.1 Å². The molecule has 4 aliphatic rings. The highest BCUT2D eigenvalue weighted by Crippen LogP contribution is 2.69. The summed E-state index contributed by atoms with van der Waals surface area (Å²) >= 11 is 0. The molecule has 0 heterocycles. The Hall–Kier alpha value is -0.650. The zero-order valence-electron chi connectivity index (χ0n) is 19.8. The van der Waals surface area contributed by atoms with Crippen molar-refractivity contribution in [3.05, 3.63) is 0 Å². The molecule has 0 aromatic rings. The molecule has 0 aliphatic heterocycles. The number of aliphatic hydroxyl groups is 3. The third kappa shape index (κ3) is 3.49. The van der Waals surface area contributed by atoms with E-state index in [9.17, 15) is 20.1 Å². The monoisotopic (exact) mass is 436 g/mol. The number of carbonyl (C=O) groups is 1. The number of carboxylic acids is 1. The number of fused-ring (bicyclic) bond motifs is 5. The predicted molar refractivity (Wildman–Crippen MR) is 119 cm³/mol. The van der Waals surface area contributed by atoms with Crippen LogP contribution in [0.15, 0.2) is 0 Å². The third-order valence-corrected chi connectivity index (χ3v) is 11.1. The van der Waals surface area contributed by atoms with Crippen molar-refractivity contribution < 1.29 is 25.2 Å². The lowest BCUT2D eigenvalue weighted by molar-refractivity contribution is -0.228. The largest absolute Gasteiger partial charge is 0.481 e. The number of aliphatic carboxylic acids is 1. The Morgan fingerprint density at radius 2 is 1.74 bits per heavy atom. The highest BCUT2D eigenvalue weighted by Gasteiger charge is 2.67. The van der Waals surface area contributed by atoms with Crippen LogP contribution in [0.1, 0.15) is 85.5 Å². The van der Waals surface area contributed by atoms with Crippen molar-refractivity contribution in [1.82, 2.24) is 0 Å². The smallest absolute Gasteiger partial charge is 0.303 e. The summed E-state index contributed by atoms with van der Waals surface area (Å²) in [5.74, 6) is 1.13. The third-order valence-electron chi connectivity index (χ3n) is 11.1. The average molecular weight is 437 g/mol. The van der Waals surface area contributed by atoms with Crippen molar-refractivity contribution in [3.63, 3.8) is 0 Å². The van der Waals surface area contributed by atoms with Gasteiger partial charge in [-0.15, -0.1) is 0 Å². The van der Waals surface area contributed by atoms with Crippen LogP contribution < -0.4 is 0 Å².